The summed E-state index contributed by atoms with van der Waals surface area (Å²) in [5.41, 5.74) is 0.303. The molecule has 3 saturated heterocycles. The van der Waals surface area contributed by atoms with Crippen molar-refractivity contribution in [3.05, 3.63) is 34.4 Å². The molecule has 3 aliphatic rings. The number of rotatable bonds is 16. The average molecular weight is 594 g/mol. The van der Waals surface area contributed by atoms with Crippen LogP contribution in [-0.2, 0) is 28.4 Å². The highest BCUT2D eigenvalue weighted by Gasteiger charge is 2.66. The van der Waals surface area contributed by atoms with E-state index in [1.54, 1.807) is 13.8 Å². The third-order valence-electron chi connectivity index (χ3n) is 7.83. The molecule has 1 N–H and O–H groups in total. The molecule has 0 unspecified atom stereocenters. The molecule has 0 aromatic heterocycles. The number of unbranched alkanes of at least 4 members (excludes halogenated alkanes) is 7. The summed E-state index contributed by atoms with van der Waals surface area (Å²) >= 11 is 0. The fourth-order valence-electron chi connectivity index (χ4n) is 5.77. The van der Waals surface area contributed by atoms with Crippen molar-refractivity contribution >= 4 is 17.5 Å². The highest BCUT2D eigenvalue weighted by atomic mass is 16.9. The van der Waals surface area contributed by atoms with Gasteiger partial charge in [-0.1, -0.05) is 51.9 Å². The molecule has 1 aromatic carbocycles. The molecular weight excluding hydrogens is 546 g/mol. The number of nitrogens with one attached hydrogen (secondary N) is 1. The number of anilines is 1. The Morgan fingerprint density at radius 3 is 2.38 bits per heavy atom. The molecule has 42 heavy (non-hydrogen) atoms. The van der Waals surface area contributed by atoms with Crippen LogP contribution in [0.1, 0.15) is 72.1 Å². The van der Waals surface area contributed by atoms with Crippen molar-refractivity contribution < 1.29 is 38.1 Å². The van der Waals surface area contributed by atoms with E-state index >= 15 is 0 Å². The first-order valence-corrected chi connectivity index (χ1v) is 15.4. The number of nitro groups is 1. The van der Waals surface area contributed by atoms with E-state index in [9.17, 15) is 14.9 Å². The normalized spacial score (nSPS) is 27.1. The van der Waals surface area contributed by atoms with Gasteiger partial charge in [-0.2, -0.15) is 0 Å². The Bertz CT molecular complexity index is 1000. The molecule has 1 aromatic rings. The summed E-state index contributed by atoms with van der Waals surface area (Å²) < 4.78 is 36.7. The number of morpholine rings is 1. The standard InChI is InChI=1S/C30H47N3O9/c1-4-5-6-7-8-9-10-11-18-38-22-30-27(41-29(2,3)42-30)26(25(40-30)21-32-16-19-37-20-17-32)39-28(34)31-23-12-14-24(15-13-23)33(35)36/h12-15,25-27H,4-11,16-22H2,1-3H3,(H,31,34)/t25-,26+,27-,30-/m0/s1. The van der Waals surface area contributed by atoms with E-state index in [2.05, 4.69) is 17.1 Å². The van der Waals surface area contributed by atoms with Crippen molar-refractivity contribution in [2.24, 2.45) is 0 Å². The van der Waals surface area contributed by atoms with E-state index in [1.807, 2.05) is 0 Å². The van der Waals surface area contributed by atoms with Gasteiger partial charge in [-0.15, -0.1) is 0 Å². The number of non-ortho nitro benzene ring substituents is 1. The maximum absolute atomic E-state index is 13.0. The lowest BCUT2D eigenvalue weighted by atomic mass is 10.0. The number of nitrogens with zero attached hydrogens (tertiary/aromatic N) is 2. The molecule has 1 amide bonds. The van der Waals surface area contributed by atoms with E-state index < -0.39 is 40.9 Å². The number of amides is 1. The van der Waals surface area contributed by atoms with E-state index in [0.717, 1.165) is 25.9 Å². The summed E-state index contributed by atoms with van der Waals surface area (Å²) in [5.74, 6) is -2.19. The fraction of sp³-hybridized carbons (Fsp3) is 0.767. The summed E-state index contributed by atoms with van der Waals surface area (Å²) in [5, 5.41) is 13.6. The molecule has 4 atom stereocenters. The maximum Gasteiger partial charge on any atom is 0.412 e. The van der Waals surface area contributed by atoms with Gasteiger partial charge >= 0.3 is 6.09 Å². The van der Waals surface area contributed by atoms with E-state index in [4.69, 9.17) is 28.4 Å². The molecule has 236 valence electrons. The van der Waals surface area contributed by atoms with Gasteiger partial charge in [0.2, 0.25) is 5.79 Å². The number of fused-ring (bicyclic) bond motifs is 1. The van der Waals surface area contributed by atoms with Crippen LogP contribution < -0.4 is 5.32 Å². The van der Waals surface area contributed by atoms with Gasteiger partial charge in [0, 0.05) is 44.1 Å². The maximum atomic E-state index is 13.0. The molecule has 0 radical (unpaired) electrons. The van der Waals surface area contributed by atoms with E-state index in [1.165, 1.54) is 62.8 Å². The summed E-state index contributed by atoms with van der Waals surface area (Å²) in [6.07, 6.45) is 6.94. The van der Waals surface area contributed by atoms with Crippen molar-refractivity contribution in [2.75, 3.05) is 51.4 Å². The summed E-state index contributed by atoms with van der Waals surface area (Å²) in [4.78, 5) is 25.7. The Labute approximate surface area is 248 Å². The molecule has 4 rings (SSSR count). The Hall–Kier alpha value is -2.35. The van der Waals surface area contributed by atoms with Gasteiger partial charge in [0.1, 0.15) is 12.7 Å². The third-order valence-corrected chi connectivity index (χ3v) is 7.83. The highest BCUT2D eigenvalue weighted by Crippen LogP contribution is 2.47. The first-order valence-electron chi connectivity index (χ1n) is 15.4. The molecule has 3 heterocycles. The third kappa shape index (κ3) is 9.08. The van der Waals surface area contributed by atoms with Gasteiger partial charge in [-0.05, 0) is 32.4 Å². The highest BCUT2D eigenvalue weighted by molar-refractivity contribution is 5.84. The predicted octanol–water partition coefficient (Wildman–Crippen LogP) is 5.25. The van der Waals surface area contributed by atoms with Crippen LogP contribution in [0, 0.1) is 10.1 Å². The minimum atomic E-state index is -1.22. The molecule has 0 bridgehead atoms. The Morgan fingerprint density at radius 1 is 1.05 bits per heavy atom. The zero-order valence-electron chi connectivity index (χ0n) is 25.2. The van der Waals surface area contributed by atoms with Crippen LogP contribution in [-0.4, -0.2) is 91.9 Å². The topological polar surface area (TPSA) is 131 Å². The van der Waals surface area contributed by atoms with Gasteiger partial charge in [0.25, 0.3) is 5.69 Å². The molecule has 3 fully saturated rings. The quantitative estimate of drug-likeness (QED) is 0.154. The van der Waals surface area contributed by atoms with Crippen molar-refractivity contribution in [2.45, 2.75) is 102 Å². The van der Waals surface area contributed by atoms with Crippen LogP contribution in [0.3, 0.4) is 0 Å². The number of carbonyl (C=O) groups excluding carboxylic acids is 1. The van der Waals surface area contributed by atoms with E-state index in [-0.39, 0.29) is 12.3 Å². The zero-order chi connectivity index (χ0) is 30.0. The van der Waals surface area contributed by atoms with Gasteiger partial charge in [0.15, 0.2) is 18.0 Å². The average Bonchev–Trinajstić information content (AvgIpc) is 3.36. The lowest BCUT2D eigenvalue weighted by Gasteiger charge is -2.33. The fourth-order valence-corrected chi connectivity index (χ4v) is 5.77. The zero-order valence-corrected chi connectivity index (χ0v) is 25.2. The molecule has 0 spiro atoms. The van der Waals surface area contributed by atoms with Crippen LogP contribution in [0.2, 0.25) is 0 Å². The molecule has 12 nitrogen and oxygen atoms in total. The molecular formula is C30H47N3O9. The largest absolute Gasteiger partial charge is 0.440 e. The molecule has 0 saturated carbocycles. The van der Waals surface area contributed by atoms with Crippen molar-refractivity contribution in [3.8, 4) is 0 Å². The number of hydrogen-bond donors (Lipinski definition) is 1. The smallest absolute Gasteiger partial charge is 0.412 e. The van der Waals surface area contributed by atoms with Gasteiger partial charge in [0.05, 0.1) is 18.1 Å². The van der Waals surface area contributed by atoms with Crippen molar-refractivity contribution in [1.82, 2.24) is 4.90 Å². The SMILES string of the molecule is CCCCCCCCCCOC[C@@]12O[C@@H](CN3CCOCC3)[C@@H](OC(=O)Nc3ccc([N+](=O)[O-])cc3)[C@@H]1OC(C)(C)O2. The van der Waals surface area contributed by atoms with Crippen molar-refractivity contribution in [3.63, 3.8) is 0 Å². The van der Waals surface area contributed by atoms with Gasteiger partial charge in [-0.3, -0.25) is 20.3 Å². The van der Waals surface area contributed by atoms with Crippen LogP contribution in [0.5, 0.6) is 0 Å². The number of nitro benzene ring substituents is 1. The second kappa shape index (κ2) is 15.4. The van der Waals surface area contributed by atoms with Gasteiger partial charge < -0.3 is 28.4 Å². The van der Waals surface area contributed by atoms with E-state index in [0.29, 0.717) is 32.1 Å². The molecule has 0 aliphatic carbocycles. The Morgan fingerprint density at radius 2 is 1.71 bits per heavy atom. The lowest BCUT2D eigenvalue weighted by molar-refractivity contribution is -0.384. The van der Waals surface area contributed by atoms with Crippen LogP contribution in [0.25, 0.3) is 0 Å². The second-order valence-corrected chi connectivity index (χ2v) is 11.7. The predicted molar refractivity (Wildman–Crippen MR) is 155 cm³/mol. The molecule has 3 aliphatic heterocycles. The number of ether oxygens (including phenoxy) is 6. The van der Waals surface area contributed by atoms with Crippen LogP contribution >= 0.6 is 0 Å². The first-order chi connectivity index (χ1) is 20.2. The molecule has 12 heteroatoms. The first kappa shape index (κ1) is 32.6. The van der Waals surface area contributed by atoms with Crippen LogP contribution in [0.4, 0.5) is 16.2 Å². The Balaban J connectivity index is 1.38. The number of carbonyl (C=O) groups is 1. The number of benzene rings is 1. The lowest BCUT2D eigenvalue weighted by Crippen LogP contribution is -2.47. The van der Waals surface area contributed by atoms with Gasteiger partial charge in [-0.25, -0.2) is 4.79 Å². The van der Waals surface area contributed by atoms with Crippen molar-refractivity contribution in [1.29, 1.82) is 0 Å². The minimum Gasteiger partial charge on any atom is -0.440 e. The summed E-state index contributed by atoms with van der Waals surface area (Å²) in [6, 6.07) is 5.55. The minimum absolute atomic E-state index is 0.0702. The number of hydrogen-bond acceptors (Lipinski definition) is 10. The second-order valence-electron chi connectivity index (χ2n) is 11.7. The summed E-state index contributed by atoms with van der Waals surface area (Å²) in [7, 11) is 0. The monoisotopic (exact) mass is 593 g/mol. The van der Waals surface area contributed by atoms with Crippen LogP contribution in [0.15, 0.2) is 24.3 Å². The Kier molecular flexibility index (Phi) is 11.9. The summed E-state index contributed by atoms with van der Waals surface area (Å²) in [6.45, 7) is 9.79.